The van der Waals surface area contributed by atoms with Gasteiger partial charge in [-0.1, -0.05) is 141 Å². The van der Waals surface area contributed by atoms with Gasteiger partial charge in [-0.05, 0) is 76.9 Å². The fraction of sp³-hybridized carbons (Fsp3) is 0.0556. The van der Waals surface area contributed by atoms with Crippen LogP contribution in [0.3, 0.4) is 0 Å². The smallest absolute Gasteiger partial charge is 0.164 e. The normalized spacial score (nSPS) is 13.0. The second-order valence-corrected chi connectivity index (χ2v) is 17.1. The zero-order chi connectivity index (χ0) is 40.0. The molecule has 284 valence electrons. The average Bonchev–Trinajstić information content (AvgIpc) is 3.94. The minimum atomic E-state index is -0.149. The lowest BCUT2D eigenvalue weighted by Crippen LogP contribution is -2.16. The van der Waals surface area contributed by atoms with Gasteiger partial charge >= 0.3 is 0 Å². The zero-order valence-corrected chi connectivity index (χ0v) is 33.7. The molecular weight excluding hydrogens is 753 g/mol. The Kier molecular flexibility index (Phi) is 7.68. The number of hydrogen-bond donors (Lipinski definition) is 0. The van der Waals surface area contributed by atoms with Gasteiger partial charge < -0.3 is 9.32 Å². The third-order valence-corrected chi connectivity index (χ3v) is 13.3. The zero-order valence-electron chi connectivity index (χ0n) is 32.9. The van der Waals surface area contributed by atoms with Gasteiger partial charge in [0.1, 0.15) is 11.2 Å². The van der Waals surface area contributed by atoms with E-state index in [9.17, 15) is 0 Å². The summed E-state index contributed by atoms with van der Waals surface area (Å²) in [4.78, 5) is 17.3. The average molecular weight is 789 g/mol. The highest BCUT2D eigenvalue weighted by Crippen LogP contribution is 2.52. The lowest BCUT2D eigenvalue weighted by atomic mass is 9.82. The van der Waals surface area contributed by atoms with E-state index in [2.05, 4.69) is 140 Å². The summed E-state index contributed by atoms with van der Waals surface area (Å²) in [5.41, 5.74) is 12.7. The van der Waals surface area contributed by atoms with E-state index in [-0.39, 0.29) is 5.41 Å². The molecule has 60 heavy (non-hydrogen) atoms. The Hall–Kier alpha value is -7.41. The summed E-state index contributed by atoms with van der Waals surface area (Å²) in [7, 11) is 0. The van der Waals surface area contributed by atoms with Crippen LogP contribution in [0.4, 0.5) is 17.1 Å². The van der Waals surface area contributed by atoms with Crippen molar-refractivity contribution in [3.8, 4) is 45.3 Å². The number of benzene rings is 8. The molecule has 3 aromatic heterocycles. The Morgan fingerprint density at radius 1 is 0.450 bits per heavy atom. The van der Waals surface area contributed by atoms with Crippen molar-refractivity contribution in [3.63, 3.8) is 0 Å². The molecule has 0 saturated carbocycles. The van der Waals surface area contributed by atoms with Crippen LogP contribution < -0.4 is 4.90 Å². The lowest BCUT2D eigenvalue weighted by molar-refractivity contribution is 0.660. The first-order valence-electron chi connectivity index (χ1n) is 20.3. The molecule has 3 heterocycles. The summed E-state index contributed by atoms with van der Waals surface area (Å²) in [6.45, 7) is 4.68. The fourth-order valence-corrected chi connectivity index (χ4v) is 10.3. The van der Waals surface area contributed by atoms with Crippen molar-refractivity contribution >= 4 is 70.5 Å². The van der Waals surface area contributed by atoms with Crippen LogP contribution >= 0.6 is 11.3 Å². The van der Waals surface area contributed by atoms with E-state index < -0.39 is 0 Å². The number of rotatable bonds is 6. The summed E-state index contributed by atoms with van der Waals surface area (Å²) in [6, 6.07) is 64.3. The van der Waals surface area contributed by atoms with Gasteiger partial charge in [-0.2, -0.15) is 0 Å². The van der Waals surface area contributed by atoms with Crippen LogP contribution in [-0.4, -0.2) is 15.0 Å². The molecular formula is C54H36N4OS. The summed E-state index contributed by atoms with van der Waals surface area (Å²) >= 11 is 1.84. The third kappa shape index (κ3) is 5.41. The van der Waals surface area contributed by atoms with Gasteiger partial charge in [-0.15, -0.1) is 11.3 Å². The molecule has 0 unspecified atom stereocenters. The second kappa shape index (κ2) is 13.3. The highest BCUT2D eigenvalue weighted by Gasteiger charge is 2.36. The maximum atomic E-state index is 6.77. The molecule has 12 rings (SSSR count). The van der Waals surface area contributed by atoms with Crippen LogP contribution in [-0.2, 0) is 5.41 Å². The van der Waals surface area contributed by atoms with Gasteiger partial charge in [0, 0.05) is 59.0 Å². The van der Waals surface area contributed by atoms with Gasteiger partial charge in [-0.3, -0.25) is 0 Å². The quantitative estimate of drug-likeness (QED) is 0.168. The summed E-state index contributed by atoms with van der Waals surface area (Å²) < 4.78 is 9.31. The van der Waals surface area contributed by atoms with Crippen molar-refractivity contribution in [2.45, 2.75) is 19.3 Å². The third-order valence-electron chi connectivity index (χ3n) is 12.1. The molecule has 0 atom stereocenters. The number of furan rings is 1. The van der Waals surface area contributed by atoms with E-state index in [1.807, 2.05) is 72.0 Å². The Morgan fingerprint density at radius 3 is 1.85 bits per heavy atom. The topological polar surface area (TPSA) is 55.1 Å². The van der Waals surface area contributed by atoms with Crippen molar-refractivity contribution in [2.24, 2.45) is 0 Å². The standard InChI is InChI=1S/C54H36N4OS/c1-54(2)43-20-11-9-18-38(43)39-28-25-36(31-44(39)54)58(37-26-29-41-40-19-10-12-23-48(40)60-49(41)32-37)45-21-13-22-46-50(45)42-27-24-35(30-47(42)59-46)53-56-51(33-14-5-3-6-15-33)55-52(57-53)34-16-7-4-8-17-34/h3-32H,1-2H3. The molecule has 5 nitrogen and oxygen atoms in total. The Labute approximate surface area is 350 Å². The van der Waals surface area contributed by atoms with E-state index in [0.717, 1.165) is 55.7 Å². The predicted molar refractivity (Wildman–Crippen MR) is 249 cm³/mol. The summed E-state index contributed by atoms with van der Waals surface area (Å²) in [5.74, 6) is 1.84. The number of aromatic nitrogens is 3. The second-order valence-electron chi connectivity index (χ2n) is 16.0. The minimum Gasteiger partial charge on any atom is -0.456 e. The number of anilines is 3. The Bertz CT molecular complexity index is 3420. The predicted octanol–water partition coefficient (Wildman–Crippen LogP) is 14.9. The van der Waals surface area contributed by atoms with E-state index >= 15 is 0 Å². The largest absolute Gasteiger partial charge is 0.456 e. The highest BCUT2D eigenvalue weighted by atomic mass is 32.1. The van der Waals surface area contributed by atoms with Crippen LogP contribution in [0, 0.1) is 0 Å². The molecule has 0 radical (unpaired) electrons. The monoisotopic (exact) mass is 788 g/mol. The van der Waals surface area contributed by atoms with Gasteiger partial charge in [-0.25, -0.2) is 15.0 Å². The number of hydrogen-bond acceptors (Lipinski definition) is 6. The van der Waals surface area contributed by atoms with Crippen molar-refractivity contribution in [3.05, 3.63) is 193 Å². The van der Waals surface area contributed by atoms with Crippen LogP contribution in [0.2, 0.25) is 0 Å². The molecule has 8 aromatic carbocycles. The van der Waals surface area contributed by atoms with E-state index in [1.54, 1.807) is 0 Å². The van der Waals surface area contributed by atoms with Crippen molar-refractivity contribution in [1.29, 1.82) is 0 Å². The van der Waals surface area contributed by atoms with Gasteiger partial charge in [0.25, 0.3) is 0 Å². The first-order chi connectivity index (χ1) is 29.5. The maximum absolute atomic E-state index is 6.77. The molecule has 6 heteroatoms. The van der Waals surface area contributed by atoms with Gasteiger partial charge in [0.15, 0.2) is 17.5 Å². The van der Waals surface area contributed by atoms with Crippen molar-refractivity contribution < 1.29 is 4.42 Å². The van der Waals surface area contributed by atoms with Crippen LogP contribution in [0.1, 0.15) is 25.0 Å². The molecule has 1 aliphatic carbocycles. The Balaban J connectivity index is 1.05. The summed E-state index contributed by atoms with van der Waals surface area (Å²) in [5, 5.41) is 4.63. The SMILES string of the molecule is CC1(C)c2ccccc2-c2ccc(N(c3ccc4c(c3)sc3ccccc34)c3cccc4oc5cc(-c6nc(-c7ccccc7)nc(-c7ccccc7)n6)ccc5c34)cc21. The Morgan fingerprint density at radius 2 is 1.07 bits per heavy atom. The molecule has 0 spiro atoms. The number of fused-ring (bicyclic) bond motifs is 9. The number of nitrogens with zero attached hydrogens (tertiary/aromatic N) is 4. The molecule has 1 aliphatic rings. The van der Waals surface area contributed by atoms with E-state index in [1.165, 1.54) is 42.4 Å². The van der Waals surface area contributed by atoms with Crippen molar-refractivity contribution in [1.82, 2.24) is 15.0 Å². The van der Waals surface area contributed by atoms with Gasteiger partial charge in [0.2, 0.25) is 0 Å². The van der Waals surface area contributed by atoms with Gasteiger partial charge in [0.05, 0.1) is 11.1 Å². The first kappa shape index (κ1) is 34.6. The van der Waals surface area contributed by atoms with Crippen molar-refractivity contribution in [2.75, 3.05) is 4.90 Å². The van der Waals surface area contributed by atoms with Crippen LogP contribution in [0.5, 0.6) is 0 Å². The molecule has 0 fully saturated rings. The highest BCUT2D eigenvalue weighted by molar-refractivity contribution is 7.25. The molecule has 0 bridgehead atoms. The van der Waals surface area contributed by atoms with E-state index in [0.29, 0.717) is 17.5 Å². The minimum absolute atomic E-state index is 0.149. The molecule has 0 N–H and O–H groups in total. The maximum Gasteiger partial charge on any atom is 0.164 e. The molecule has 11 aromatic rings. The first-order valence-corrected chi connectivity index (χ1v) is 21.1. The molecule has 0 aliphatic heterocycles. The molecule has 0 amide bonds. The summed E-state index contributed by atoms with van der Waals surface area (Å²) in [6.07, 6.45) is 0. The van der Waals surface area contributed by atoms with E-state index in [4.69, 9.17) is 19.4 Å². The van der Waals surface area contributed by atoms with Crippen LogP contribution in [0.25, 0.3) is 87.4 Å². The lowest BCUT2D eigenvalue weighted by Gasteiger charge is -2.28. The fourth-order valence-electron chi connectivity index (χ4n) is 9.18. The number of thiophene rings is 1. The van der Waals surface area contributed by atoms with Crippen LogP contribution in [0.15, 0.2) is 186 Å². The molecule has 0 saturated heterocycles.